The quantitative estimate of drug-likeness (QED) is 0.789. The summed E-state index contributed by atoms with van der Waals surface area (Å²) in [6.07, 6.45) is 4.14. The van der Waals surface area contributed by atoms with Crippen LogP contribution in [0.15, 0.2) is 35.5 Å². The molecule has 0 aliphatic carbocycles. The topological polar surface area (TPSA) is 87.5 Å². The van der Waals surface area contributed by atoms with Crippen LogP contribution in [0.2, 0.25) is 0 Å². The van der Waals surface area contributed by atoms with Crippen LogP contribution >= 0.6 is 0 Å². The standard InChI is InChI=1S/C15H14N2O5/c1-9-4-5-16-12(6-9)17-7-10(14(19)21-2)13(18)11(8-17)15(20)22-3/h4-8H,1-3H3. The molecule has 0 aliphatic heterocycles. The third-order valence-corrected chi connectivity index (χ3v) is 3.00. The van der Waals surface area contributed by atoms with Gasteiger partial charge in [-0.2, -0.15) is 0 Å². The number of nitrogens with zero attached hydrogens (tertiary/aromatic N) is 2. The molecule has 0 aliphatic rings. The minimum atomic E-state index is -0.836. The van der Waals surface area contributed by atoms with Crippen LogP contribution in [0.3, 0.4) is 0 Å². The molecule has 7 nitrogen and oxygen atoms in total. The Labute approximate surface area is 126 Å². The summed E-state index contributed by atoms with van der Waals surface area (Å²) in [4.78, 5) is 39.8. The first-order chi connectivity index (χ1) is 10.5. The maximum Gasteiger partial charge on any atom is 0.343 e. The highest BCUT2D eigenvalue weighted by Crippen LogP contribution is 2.10. The molecule has 0 aromatic carbocycles. The number of aromatic nitrogens is 2. The van der Waals surface area contributed by atoms with Gasteiger partial charge in [-0.25, -0.2) is 14.6 Å². The first-order valence-corrected chi connectivity index (χ1v) is 6.34. The smallest absolute Gasteiger partial charge is 0.343 e. The zero-order chi connectivity index (χ0) is 16.3. The SMILES string of the molecule is COC(=O)c1cn(-c2cc(C)ccn2)cc(C(=O)OC)c1=O. The molecule has 2 heterocycles. The molecule has 0 saturated carbocycles. The number of esters is 2. The van der Waals surface area contributed by atoms with Crippen molar-refractivity contribution in [2.45, 2.75) is 6.92 Å². The molecule has 2 aromatic heterocycles. The Morgan fingerprint density at radius 2 is 1.64 bits per heavy atom. The maximum absolute atomic E-state index is 12.2. The summed E-state index contributed by atoms with van der Waals surface area (Å²) in [5.74, 6) is -1.22. The fourth-order valence-corrected chi connectivity index (χ4v) is 1.88. The highest BCUT2D eigenvalue weighted by Gasteiger charge is 2.20. The van der Waals surface area contributed by atoms with Crippen molar-refractivity contribution in [2.75, 3.05) is 14.2 Å². The van der Waals surface area contributed by atoms with Crippen molar-refractivity contribution in [3.05, 3.63) is 57.6 Å². The number of aryl methyl sites for hydroxylation is 1. The first-order valence-electron chi connectivity index (χ1n) is 6.34. The van der Waals surface area contributed by atoms with Gasteiger partial charge in [0.25, 0.3) is 0 Å². The summed E-state index contributed by atoms with van der Waals surface area (Å²) in [5, 5.41) is 0. The average molecular weight is 302 g/mol. The Hall–Kier alpha value is -2.96. The lowest BCUT2D eigenvalue weighted by Crippen LogP contribution is -2.26. The largest absolute Gasteiger partial charge is 0.465 e. The average Bonchev–Trinajstić information content (AvgIpc) is 2.53. The van der Waals surface area contributed by atoms with Gasteiger partial charge in [-0.1, -0.05) is 0 Å². The molecule has 2 rings (SSSR count). The number of pyridine rings is 2. The lowest BCUT2D eigenvalue weighted by atomic mass is 10.2. The number of rotatable bonds is 3. The molecular weight excluding hydrogens is 288 g/mol. The van der Waals surface area contributed by atoms with E-state index in [1.54, 1.807) is 18.3 Å². The van der Waals surface area contributed by atoms with Crippen LogP contribution in [0.1, 0.15) is 26.3 Å². The van der Waals surface area contributed by atoms with E-state index < -0.39 is 17.4 Å². The van der Waals surface area contributed by atoms with Crippen LogP contribution in [0.25, 0.3) is 5.82 Å². The Morgan fingerprint density at radius 3 is 2.09 bits per heavy atom. The van der Waals surface area contributed by atoms with E-state index >= 15 is 0 Å². The second-order valence-corrected chi connectivity index (χ2v) is 4.50. The predicted octanol–water partition coefficient (Wildman–Crippen LogP) is 1.11. The minimum Gasteiger partial charge on any atom is -0.465 e. The summed E-state index contributed by atoms with van der Waals surface area (Å²) >= 11 is 0. The number of hydrogen-bond donors (Lipinski definition) is 0. The van der Waals surface area contributed by atoms with E-state index in [1.807, 2.05) is 6.92 Å². The van der Waals surface area contributed by atoms with Crippen LogP contribution in [0.5, 0.6) is 0 Å². The summed E-state index contributed by atoms with van der Waals surface area (Å²) < 4.78 is 10.6. The Morgan fingerprint density at radius 1 is 1.09 bits per heavy atom. The molecule has 0 radical (unpaired) electrons. The minimum absolute atomic E-state index is 0.270. The monoisotopic (exact) mass is 302 g/mol. The number of hydrogen-bond acceptors (Lipinski definition) is 6. The van der Waals surface area contributed by atoms with Crippen LogP contribution in [0.4, 0.5) is 0 Å². The van der Waals surface area contributed by atoms with Gasteiger partial charge in [-0.05, 0) is 24.6 Å². The number of methoxy groups -OCH3 is 2. The molecule has 0 bridgehead atoms. The molecule has 0 unspecified atom stereocenters. The maximum atomic E-state index is 12.2. The van der Waals surface area contributed by atoms with Crippen molar-refractivity contribution in [3.8, 4) is 5.82 Å². The molecule has 2 aromatic rings. The molecule has 0 fully saturated rings. The van der Waals surface area contributed by atoms with Gasteiger partial charge in [-0.3, -0.25) is 4.79 Å². The molecule has 0 saturated heterocycles. The fraction of sp³-hybridized carbons (Fsp3) is 0.200. The summed E-state index contributed by atoms with van der Waals surface area (Å²) in [6, 6.07) is 3.54. The van der Waals surface area contributed by atoms with E-state index in [0.29, 0.717) is 5.82 Å². The third kappa shape index (κ3) is 2.88. The van der Waals surface area contributed by atoms with Crippen molar-refractivity contribution < 1.29 is 19.1 Å². The van der Waals surface area contributed by atoms with Gasteiger partial charge in [-0.15, -0.1) is 0 Å². The molecular formula is C15H14N2O5. The molecule has 0 amide bonds. The van der Waals surface area contributed by atoms with Gasteiger partial charge in [0.1, 0.15) is 16.9 Å². The van der Waals surface area contributed by atoms with Gasteiger partial charge in [0.2, 0.25) is 5.43 Å². The molecule has 0 N–H and O–H groups in total. The zero-order valence-corrected chi connectivity index (χ0v) is 12.3. The predicted molar refractivity (Wildman–Crippen MR) is 77.3 cm³/mol. The Balaban J connectivity index is 2.72. The third-order valence-electron chi connectivity index (χ3n) is 3.00. The van der Waals surface area contributed by atoms with E-state index in [1.165, 1.54) is 17.0 Å². The van der Waals surface area contributed by atoms with Crippen LogP contribution in [-0.2, 0) is 9.47 Å². The van der Waals surface area contributed by atoms with E-state index in [2.05, 4.69) is 14.5 Å². The van der Waals surface area contributed by atoms with Crippen molar-refractivity contribution in [2.24, 2.45) is 0 Å². The van der Waals surface area contributed by atoms with Crippen molar-refractivity contribution in [1.82, 2.24) is 9.55 Å². The first kappa shape index (κ1) is 15.4. The molecule has 0 atom stereocenters. The van der Waals surface area contributed by atoms with E-state index in [-0.39, 0.29) is 11.1 Å². The van der Waals surface area contributed by atoms with Crippen molar-refractivity contribution in [1.29, 1.82) is 0 Å². The van der Waals surface area contributed by atoms with E-state index in [4.69, 9.17) is 0 Å². The van der Waals surface area contributed by atoms with Crippen LogP contribution < -0.4 is 5.43 Å². The van der Waals surface area contributed by atoms with Gasteiger partial charge < -0.3 is 14.0 Å². The lowest BCUT2D eigenvalue weighted by molar-refractivity contribution is 0.0595. The summed E-state index contributed by atoms with van der Waals surface area (Å²) in [6.45, 7) is 1.87. The number of carbonyl (C=O) groups excluding carboxylic acids is 2. The highest BCUT2D eigenvalue weighted by molar-refractivity contribution is 5.94. The van der Waals surface area contributed by atoms with Gasteiger partial charge in [0.15, 0.2) is 0 Å². The molecule has 114 valence electrons. The molecule has 22 heavy (non-hydrogen) atoms. The van der Waals surface area contributed by atoms with Gasteiger partial charge in [0.05, 0.1) is 14.2 Å². The molecule has 0 spiro atoms. The summed E-state index contributed by atoms with van der Waals surface area (Å²) in [7, 11) is 2.31. The molecule has 7 heteroatoms. The van der Waals surface area contributed by atoms with Crippen molar-refractivity contribution in [3.63, 3.8) is 0 Å². The number of ether oxygens (including phenoxy) is 2. The highest BCUT2D eigenvalue weighted by atomic mass is 16.5. The Kier molecular flexibility index (Phi) is 4.36. The lowest BCUT2D eigenvalue weighted by Gasteiger charge is -2.10. The Bertz CT molecular complexity index is 755. The fourth-order valence-electron chi connectivity index (χ4n) is 1.88. The second kappa shape index (κ2) is 6.21. The van der Waals surface area contributed by atoms with Crippen molar-refractivity contribution >= 4 is 11.9 Å². The van der Waals surface area contributed by atoms with Gasteiger partial charge in [0, 0.05) is 18.6 Å². The van der Waals surface area contributed by atoms with Crippen LogP contribution in [-0.4, -0.2) is 35.7 Å². The van der Waals surface area contributed by atoms with Gasteiger partial charge >= 0.3 is 11.9 Å². The zero-order valence-electron chi connectivity index (χ0n) is 12.3. The van der Waals surface area contributed by atoms with E-state index in [9.17, 15) is 14.4 Å². The van der Waals surface area contributed by atoms with Crippen LogP contribution in [0, 0.1) is 6.92 Å². The van der Waals surface area contributed by atoms with E-state index in [0.717, 1.165) is 19.8 Å². The number of carbonyl (C=O) groups is 2. The normalized spacial score (nSPS) is 10.1. The second-order valence-electron chi connectivity index (χ2n) is 4.50. The summed E-state index contributed by atoms with van der Waals surface area (Å²) in [5.41, 5.74) is -0.354.